The number of hydrogen-bond donors (Lipinski definition) is 4. The summed E-state index contributed by atoms with van der Waals surface area (Å²) in [6.07, 6.45) is 0.233. The summed E-state index contributed by atoms with van der Waals surface area (Å²) in [5, 5.41) is 5.05. The van der Waals surface area contributed by atoms with Crippen molar-refractivity contribution in [2.24, 2.45) is 5.84 Å². The van der Waals surface area contributed by atoms with Crippen molar-refractivity contribution in [3.63, 3.8) is 0 Å². The lowest BCUT2D eigenvalue weighted by molar-refractivity contribution is -0.120. The molecule has 0 aliphatic rings. The largest absolute Gasteiger partial charge is 0.359 e. The summed E-state index contributed by atoms with van der Waals surface area (Å²) in [6, 6.07) is 4.87. The molecule has 0 saturated carbocycles. The highest BCUT2D eigenvalue weighted by atomic mass is 16.2. The first-order valence-electron chi connectivity index (χ1n) is 5.10. The molecular weight excluding hydrogens is 222 g/mol. The fourth-order valence-electron chi connectivity index (χ4n) is 1.15. The predicted octanol–water partition coefficient (Wildman–Crippen LogP) is -0.767. The molecule has 1 rings (SSSR count). The Kier molecular flexibility index (Phi) is 4.89. The van der Waals surface area contributed by atoms with E-state index in [1.54, 1.807) is 25.2 Å². The molecule has 1 heterocycles. The topological polar surface area (TPSA) is 109 Å². The van der Waals surface area contributed by atoms with Crippen LogP contribution >= 0.6 is 0 Å². The molecule has 0 aromatic carbocycles. The van der Waals surface area contributed by atoms with Crippen molar-refractivity contribution in [1.29, 1.82) is 0 Å². The highest BCUT2D eigenvalue weighted by molar-refractivity contribution is 5.92. The normalized spacial score (nSPS) is 9.53. The van der Waals surface area contributed by atoms with E-state index >= 15 is 0 Å². The van der Waals surface area contributed by atoms with Crippen molar-refractivity contribution >= 4 is 17.6 Å². The average Bonchev–Trinajstić information content (AvgIpc) is 2.38. The summed E-state index contributed by atoms with van der Waals surface area (Å²) >= 11 is 0. The summed E-state index contributed by atoms with van der Waals surface area (Å²) in [5.74, 6) is 5.12. The van der Waals surface area contributed by atoms with Gasteiger partial charge < -0.3 is 16.1 Å². The number of nitrogens with two attached hydrogens (primary N) is 1. The number of pyridine rings is 1. The minimum Gasteiger partial charge on any atom is -0.359 e. The fourth-order valence-corrected chi connectivity index (χ4v) is 1.15. The molecule has 7 nitrogen and oxygen atoms in total. The molecule has 0 aliphatic heterocycles. The predicted molar refractivity (Wildman–Crippen MR) is 63.1 cm³/mol. The van der Waals surface area contributed by atoms with Gasteiger partial charge in [-0.05, 0) is 12.1 Å². The molecule has 0 radical (unpaired) electrons. The molecule has 1 aromatic heterocycles. The van der Waals surface area contributed by atoms with Crippen LogP contribution in [0.1, 0.15) is 16.9 Å². The summed E-state index contributed by atoms with van der Waals surface area (Å²) in [6.45, 7) is 0.264. The van der Waals surface area contributed by atoms with E-state index in [1.165, 1.54) is 0 Å². The molecule has 7 heteroatoms. The lowest BCUT2D eigenvalue weighted by Crippen LogP contribution is -2.29. The number of nitrogen functional groups attached to an aromatic ring is 1. The molecule has 0 atom stereocenters. The van der Waals surface area contributed by atoms with E-state index in [1.807, 2.05) is 0 Å². The molecule has 92 valence electrons. The number of nitrogens with one attached hydrogen (secondary N) is 3. The lowest BCUT2D eigenvalue weighted by atomic mass is 10.3. The number of carbonyl (C=O) groups excluding carboxylic acids is 2. The highest BCUT2D eigenvalue weighted by Crippen LogP contribution is 2.02. The van der Waals surface area contributed by atoms with Crippen molar-refractivity contribution in [3.05, 3.63) is 23.9 Å². The Balaban J connectivity index is 2.49. The Morgan fingerprint density at radius 3 is 2.82 bits per heavy atom. The average molecular weight is 237 g/mol. The van der Waals surface area contributed by atoms with Crippen LogP contribution in [-0.2, 0) is 4.79 Å². The molecule has 0 saturated heterocycles. The minimum atomic E-state index is -0.342. The van der Waals surface area contributed by atoms with Gasteiger partial charge in [0.15, 0.2) is 0 Å². The first kappa shape index (κ1) is 12.9. The monoisotopic (exact) mass is 237 g/mol. The third-order valence-electron chi connectivity index (χ3n) is 2.05. The Morgan fingerprint density at radius 2 is 2.18 bits per heavy atom. The number of rotatable bonds is 5. The van der Waals surface area contributed by atoms with Crippen LogP contribution in [0.4, 0.5) is 5.82 Å². The maximum Gasteiger partial charge on any atom is 0.269 e. The number of nitrogens with zero attached hydrogens (tertiary/aromatic N) is 1. The minimum absolute atomic E-state index is 0.129. The number of aromatic nitrogens is 1. The number of amides is 2. The molecule has 0 aliphatic carbocycles. The second-order valence-corrected chi connectivity index (χ2v) is 3.23. The Hall–Kier alpha value is -2.15. The van der Waals surface area contributed by atoms with Crippen molar-refractivity contribution < 1.29 is 9.59 Å². The van der Waals surface area contributed by atoms with Crippen LogP contribution in [0.2, 0.25) is 0 Å². The molecule has 2 amide bonds. The van der Waals surface area contributed by atoms with Crippen LogP contribution in [0.15, 0.2) is 18.2 Å². The van der Waals surface area contributed by atoms with Gasteiger partial charge in [0.25, 0.3) is 5.91 Å². The van der Waals surface area contributed by atoms with Crippen LogP contribution in [0.3, 0.4) is 0 Å². The summed E-state index contributed by atoms with van der Waals surface area (Å²) in [7, 11) is 1.54. The van der Waals surface area contributed by atoms with Gasteiger partial charge in [-0.2, -0.15) is 0 Å². The molecule has 1 aromatic rings. The van der Waals surface area contributed by atoms with Crippen molar-refractivity contribution in [2.75, 3.05) is 19.0 Å². The summed E-state index contributed by atoms with van der Waals surface area (Å²) in [5.41, 5.74) is 2.60. The quantitative estimate of drug-likeness (QED) is 0.397. The number of anilines is 1. The third-order valence-corrected chi connectivity index (χ3v) is 2.05. The molecule has 0 bridgehead atoms. The van der Waals surface area contributed by atoms with Crippen LogP contribution in [0.25, 0.3) is 0 Å². The maximum atomic E-state index is 11.6. The van der Waals surface area contributed by atoms with Gasteiger partial charge >= 0.3 is 0 Å². The first-order valence-corrected chi connectivity index (χ1v) is 5.10. The van der Waals surface area contributed by atoms with Gasteiger partial charge in [0.05, 0.1) is 0 Å². The number of carbonyl (C=O) groups is 2. The van der Waals surface area contributed by atoms with E-state index in [9.17, 15) is 9.59 Å². The zero-order valence-corrected chi connectivity index (χ0v) is 9.49. The van der Waals surface area contributed by atoms with E-state index in [0.717, 1.165) is 0 Å². The summed E-state index contributed by atoms with van der Waals surface area (Å²) < 4.78 is 0. The molecule has 0 spiro atoms. The molecular formula is C10H15N5O2. The fraction of sp³-hybridized carbons (Fsp3) is 0.300. The van der Waals surface area contributed by atoms with Gasteiger partial charge in [-0.3, -0.25) is 9.59 Å². The standard InChI is InChI=1S/C10H15N5O2/c1-12-9(16)5-6-13-10(17)7-3-2-4-8(14-7)15-11/h2-4H,5-6,11H2,1H3,(H,12,16)(H,13,17)(H,14,15). The second-order valence-electron chi connectivity index (χ2n) is 3.23. The van der Waals surface area contributed by atoms with E-state index in [2.05, 4.69) is 21.0 Å². The highest BCUT2D eigenvalue weighted by Gasteiger charge is 2.07. The van der Waals surface area contributed by atoms with Gasteiger partial charge in [0, 0.05) is 20.0 Å². The second kappa shape index (κ2) is 6.44. The summed E-state index contributed by atoms with van der Waals surface area (Å²) in [4.78, 5) is 26.5. The molecule has 0 unspecified atom stereocenters. The molecule has 17 heavy (non-hydrogen) atoms. The van der Waals surface area contributed by atoms with Gasteiger partial charge in [0.2, 0.25) is 5.91 Å². The zero-order valence-electron chi connectivity index (χ0n) is 9.49. The lowest BCUT2D eigenvalue weighted by Gasteiger charge is -2.05. The van der Waals surface area contributed by atoms with Crippen molar-refractivity contribution in [1.82, 2.24) is 15.6 Å². The number of hydrazine groups is 1. The maximum absolute atomic E-state index is 11.6. The van der Waals surface area contributed by atoms with Gasteiger partial charge in [0.1, 0.15) is 11.5 Å². The van der Waals surface area contributed by atoms with Gasteiger partial charge in [-0.1, -0.05) is 6.07 Å². The SMILES string of the molecule is CNC(=O)CCNC(=O)c1cccc(NN)n1. The van der Waals surface area contributed by atoms with E-state index < -0.39 is 0 Å². The van der Waals surface area contributed by atoms with Gasteiger partial charge in [-0.25, -0.2) is 10.8 Å². The molecule has 5 N–H and O–H groups in total. The van der Waals surface area contributed by atoms with Gasteiger partial charge in [-0.15, -0.1) is 0 Å². The molecule has 0 fully saturated rings. The smallest absolute Gasteiger partial charge is 0.269 e. The Bertz CT molecular complexity index is 407. The third kappa shape index (κ3) is 4.07. The Labute approximate surface area is 98.8 Å². The van der Waals surface area contributed by atoms with Crippen LogP contribution in [0, 0.1) is 0 Å². The van der Waals surface area contributed by atoms with Crippen LogP contribution < -0.4 is 21.9 Å². The van der Waals surface area contributed by atoms with Crippen LogP contribution in [0.5, 0.6) is 0 Å². The van der Waals surface area contributed by atoms with E-state index in [0.29, 0.717) is 5.82 Å². The Morgan fingerprint density at radius 1 is 1.41 bits per heavy atom. The van der Waals surface area contributed by atoms with Crippen LogP contribution in [-0.4, -0.2) is 30.4 Å². The zero-order chi connectivity index (χ0) is 12.7. The van der Waals surface area contributed by atoms with Crippen molar-refractivity contribution in [3.8, 4) is 0 Å². The van der Waals surface area contributed by atoms with Crippen molar-refractivity contribution in [2.45, 2.75) is 6.42 Å². The number of hydrogen-bond acceptors (Lipinski definition) is 5. The first-order chi connectivity index (χ1) is 8.17. The van der Waals surface area contributed by atoms with E-state index in [4.69, 9.17) is 5.84 Å². The van der Waals surface area contributed by atoms with E-state index in [-0.39, 0.29) is 30.5 Å².